The van der Waals surface area contributed by atoms with Crippen LogP contribution >= 0.6 is 0 Å². The van der Waals surface area contributed by atoms with Gasteiger partial charge in [-0.1, -0.05) is 52.9 Å². The molecule has 5 nitrogen and oxygen atoms in total. The van der Waals surface area contributed by atoms with E-state index in [2.05, 4.69) is 30.7 Å². The first-order valence-electron chi connectivity index (χ1n) is 10.9. The van der Waals surface area contributed by atoms with Crippen LogP contribution in [0.1, 0.15) is 72.1 Å². The molecule has 0 fully saturated rings. The maximum absolute atomic E-state index is 11.9. The van der Waals surface area contributed by atoms with Gasteiger partial charge in [-0.2, -0.15) is 0 Å². The summed E-state index contributed by atoms with van der Waals surface area (Å²) >= 11 is 0. The molecule has 1 unspecified atom stereocenters. The van der Waals surface area contributed by atoms with E-state index in [-0.39, 0.29) is 5.97 Å². The summed E-state index contributed by atoms with van der Waals surface area (Å²) in [5.41, 5.74) is 0.898. The average molecular weight is 399 g/mol. The number of carbonyl (C=O) groups is 1. The van der Waals surface area contributed by atoms with Crippen molar-refractivity contribution in [3.8, 4) is 22.9 Å². The molecule has 0 radical (unpaired) electrons. The first kappa shape index (κ1) is 22.9. The molecular weight excluding hydrogens is 364 g/mol. The summed E-state index contributed by atoms with van der Waals surface area (Å²) in [4.78, 5) is 20.6. The zero-order valence-electron chi connectivity index (χ0n) is 18.0. The molecule has 2 aromatic rings. The van der Waals surface area contributed by atoms with E-state index in [0.29, 0.717) is 23.9 Å². The Morgan fingerprint density at radius 3 is 2.34 bits per heavy atom. The quantitative estimate of drug-likeness (QED) is 0.296. The molecule has 0 aliphatic heterocycles. The summed E-state index contributed by atoms with van der Waals surface area (Å²) in [6, 6.07) is 7.75. The van der Waals surface area contributed by atoms with Crippen molar-refractivity contribution in [2.45, 2.75) is 72.1 Å². The molecule has 1 aromatic heterocycles. The van der Waals surface area contributed by atoms with Crippen molar-refractivity contribution in [1.29, 1.82) is 0 Å². The average Bonchev–Trinajstić information content (AvgIpc) is 2.74. The van der Waals surface area contributed by atoms with Crippen LogP contribution in [0.3, 0.4) is 0 Å². The summed E-state index contributed by atoms with van der Waals surface area (Å²) in [7, 11) is 0. The fourth-order valence-electron chi connectivity index (χ4n) is 2.92. The summed E-state index contributed by atoms with van der Waals surface area (Å²) in [6.07, 6.45) is 11.3. The number of rotatable bonds is 13. The Labute approximate surface area is 174 Å². The second-order valence-corrected chi connectivity index (χ2v) is 7.56. The van der Waals surface area contributed by atoms with Gasteiger partial charge in [-0.25, -0.2) is 9.97 Å². The number of esters is 1. The van der Waals surface area contributed by atoms with Gasteiger partial charge in [-0.15, -0.1) is 0 Å². The molecule has 1 aromatic carbocycles. The number of hydrogen-bond donors (Lipinski definition) is 0. The Bertz CT molecular complexity index is 714. The largest absolute Gasteiger partial charge is 0.494 e. The van der Waals surface area contributed by atoms with E-state index < -0.39 is 0 Å². The highest BCUT2D eigenvalue weighted by Crippen LogP contribution is 2.21. The molecule has 0 saturated heterocycles. The molecule has 0 N–H and O–H groups in total. The van der Waals surface area contributed by atoms with E-state index >= 15 is 0 Å². The molecule has 0 spiro atoms. The number of carbonyl (C=O) groups excluding carboxylic acids is 1. The molecule has 0 bridgehead atoms. The number of unbranched alkanes of at least 4 members (excludes halogenated alkanes) is 3. The highest BCUT2D eigenvalue weighted by atomic mass is 16.5. The van der Waals surface area contributed by atoms with Gasteiger partial charge in [-0.3, -0.25) is 4.79 Å². The van der Waals surface area contributed by atoms with Gasteiger partial charge in [0.25, 0.3) is 0 Å². The maximum Gasteiger partial charge on any atom is 0.311 e. The number of aromatic nitrogens is 2. The third kappa shape index (κ3) is 8.63. The lowest BCUT2D eigenvalue weighted by Crippen LogP contribution is -2.09. The Balaban J connectivity index is 1.79. The molecule has 1 atom stereocenters. The van der Waals surface area contributed by atoms with Gasteiger partial charge >= 0.3 is 5.97 Å². The zero-order chi connectivity index (χ0) is 20.9. The SMILES string of the molecule is CCCCCCOc1ccc(-c2ncc(OC(=O)CCCC(C)CC)cn2)cc1. The first-order valence-corrected chi connectivity index (χ1v) is 10.9. The Hall–Kier alpha value is -2.43. The molecule has 2 rings (SSSR count). The van der Waals surface area contributed by atoms with Crippen LogP contribution in [0.4, 0.5) is 0 Å². The van der Waals surface area contributed by atoms with Crippen molar-refractivity contribution < 1.29 is 14.3 Å². The monoisotopic (exact) mass is 398 g/mol. The smallest absolute Gasteiger partial charge is 0.311 e. The topological polar surface area (TPSA) is 61.3 Å². The van der Waals surface area contributed by atoms with E-state index in [1.807, 2.05) is 24.3 Å². The molecular formula is C24H34N2O3. The molecule has 0 amide bonds. The predicted octanol–water partition coefficient (Wildman–Crippen LogP) is 6.22. The second kappa shape index (κ2) is 12.9. The number of benzene rings is 1. The minimum Gasteiger partial charge on any atom is -0.494 e. The van der Waals surface area contributed by atoms with Gasteiger partial charge in [0, 0.05) is 12.0 Å². The van der Waals surface area contributed by atoms with Crippen LogP contribution in [-0.4, -0.2) is 22.5 Å². The number of nitrogens with zero attached hydrogens (tertiary/aromatic N) is 2. The Kier molecular flexibility index (Phi) is 10.2. The van der Waals surface area contributed by atoms with Crippen LogP contribution < -0.4 is 9.47 Å². The van der Waals surface area contributed by atoms with Crippen LogP contribution in [0.15, 0.2) is 36.7 Å². The summed E-state index contributed by atoms with van der Waals surface area (Å²) in [5, 5.41) is 0. The van der Waals surface area contributed by atoms with E-state index in [4.69, 9.17) is 9.47 Å². The maximum atomic E-state index is 11.9. The van der Waals surface area contributed by atoms with Gasteiger partial charge in [0.1, 0.15) is 5.75 Å². The minimum absolute atomic E-state index is 0.231. The Morgan fingerprint density at radius 2 is 1.69 bits per heavy atom. The minimum atomic E-state index is -0.231. The van der Waals surface area contributed by atoms with Crippen molar-refractivity contribution in [2.75, 3.05) is 6.61 Å². The third-order valence-corrected chi connectivity index (χ3v) is 5.01. The molecule has 0 aliphatic carbocycles. The standard InChI is InChI=1S/C24H34N2O3/c1-4-6-7-8-16-28-21-14-12-20(13-15-21)24-25-17-22(18-26-24)29-23(27)11-9-10-19(3)5-2/h12-15,17-19H,4-11,16H2,1-3H3. The lowest BCUT2D eigenvalue weighted by Gasteiger charge is -2.08. The van der Waals surface area contributed by atoms with E-state index in [1.54, 1.807) is 12.4 Å². The fourth-order valence-corrected chi connectivity index (χ4v) is 2.92. The lowest BCUT2D eigenvalue weighted by atomic mass is 10.0. The summed E-state index contributed by atoms with van der Waals surface area (Å²) in [6.45, 7) is 7.31. The lowest BCUT2D eigenvalue weighted by molar-refractivity contribution is -0.134. The van der Waals surface area contributed by atoms with Crippen LogP contribution in [0.2, 0.25) is 0 Å². The van der Waals surface area contributed by atoms with Crippen LogP contribution in [0.5, 0.6) is 11.5 Å². The van der Waals surface area contributed by atoms with Gasteiger partial charge in [0.05, 0.1) is 19.0 Å². The first-order chi connectivity index (χ1) is 14.1. The van der Waals surface area contributed by atoms with Crippen molar-refractivity contribution in [2.24, 2.45) is 5.92 Å². The second-order valence-electron chi connectivity index (χ2n) is 7.56. The van der Waals surface area contributed by atoms with E-state index in [9.17, 15) is 4.79 Å². The molecule has 29 heavy (non-hydrogen) atoms. The van der Waals surface area contributed by atoms with E-state index in [1.165, 1.54) is 19.3 Å². The zero-order valence-corrected chi connectivity index (χ0v) is 18.0. The van der Waals surface area contributed by atoms with Gasteiger partial charge in [0.15, 0.2) is 11.6 Å². The molecule has 0 aliphatic rings. The van der Waals surface area contributed by atoms with Gasteiger partial charge in [-0.05, 0) is 43.0 Å². The van der Waals surface area contributed by atoms with Gasteiger partial charge in [0.2, 0.25) is 0 Å². The highest BCUT2D eigenvalue weighted by Gasteiger charge is 2.08. The molecule has 0 saturated carbocycles. The number of hydrogen-bond acceptors (Lipinski definition) is 5. The van der Waals surface area contributed by atoms with Crippen molar-refractivity contribution in [3.63, 3.8) is 0 Å². The summed E-state index contributed by atoms with van der Waals surface area (Å²) < 4.78 is 11.1. The number of ether oxygens (including phenoxy) is 2. The van der Waals surface area contributed by atoms with Crippen LogP contribution in [0.25, 0.3) is 11.4 Å². The molecule has 1 heterocycles. The normalized spacial score (nSPS) is 11.8. The van der Waals surface area contributed by atoms with Crippen molar-refractivity contribution >= 4 is 5.97 Å². The third-order valence-electron chi connectivity index (χ3n) is 5.01. The van der Waals surface area contributed by atoms with Crippen molar-refractivity contribution in [1.82, 2.24) is 9.97 Å². The van der Waals surface area contributed by atoms with Crippen LogP contribution in [0, 0.1) is 5.92 Å². The van der Waals surface area contributed by atoms with Crippen LogP contribution in [-0.2, 0) is 4.79 Å². The summed E-state index contributed by atoms with van der Waals surface area (Å²) in [5.74, 6) is 2.24. The highest BCUT2D eigenvalue weighted by molar-refractivity contribution is 5.72. The van der Waals surface area contributed by atoms with E-state index in [0.717, 1.165) is 43.6 Å². The predicted molar refractivity (Wildman–Crippen MR) is 116 cm³/mol. The molecule has 158 valence electrons. The molecule has 5 heteroatoms. The van der Waals surface area contributed by atoms with Crippen molar-refractivity contribution in [3.05, 3.63) is 36.7 Å². The fraction of sp³-hybridized carbons (Fsp3) is 0.542. The Morgan fingerprint density at radius 1 is 0.966 bits per heavy atom. The van der Waals surface area contributed by atoms with Gasteiger partial charge < -0.3 is 9.47 Å².